The maximum atomic E-state index is 12.8. The maximum absolute atomic E-state index is 12.8. The number of halogens is 1. The van der Waals surface area contributed by atoms with Crippen LogP contribution in [0.25, 0.3) is 5.69 Å². The average Bonchev–Trinajstić information content (AvgIpc) is 3.08. The van der Waals surface area contributed by atoms with Crippen molar-refractivity contribution >= 4 is 17.7 Å². The Morgan fingerprint density at radius 3 is 2.46 bits per heavy atom. The summed E-state index contributed by atoms with van der Waals surface area (Å²) in [5.74, 6) is 1.75. The third-order valence-electron chi connectivity index (χ3n) is 3.95. The number of rotatable bonds is 7. The van der Waals surface area contributed by atoms with E-state index in [0.29, 0.717) is 18.1 Å². The second kappa shape index (κ2) is 8.67. The minimum absolute atomic E-state index is 0.00774. The van der Waals surface area contributed by atoms with Crippen LogP contribution in [-0.2, 0) is 17.1 Å². The van der Waals surface area contributed by atoms with Crippen molar-refractivity contribution in [3.63, 3.8) is 0 Å². The highest BCUT2D eigenvalue weighted by atomic mass is 32.2. The highest BCUT2D eigenvalue weighted by Crippen LogP contribution is 2.13. The van der Waals surface area contributed by atoms with Crippen molar-refractivity contribution in [2.45, 2.75) is 19.2 Å². The summed E-state index contributed by atoms with van der Waals surface area (Å²) < 4.78 is 14.9. The number of aromatic nitrogens is 2. The summed E-state index contributed by atoms with van der Waals surface area (Å²) in [6.45, 7) is 2.46. The van der Waals surface area contributed by atoms with Gasteiger partial charge in [0, 0.05) is 30.4 Å². The number of aryl methyl sites for hydroxylation is 1. The Balaban J connectivity index is 1.43. The van der Waals surface area contributed by atoms with Gasteiger partial charge in [-0.25, -0.2) is 9.37 Å². The average molecular weight is 369 g/mol. The van der Waals surface area contributed by atoms with Gasteiger partial charge >= 0.3 is 0 Å². The molecular formula is C20H20FN3OS. The van der Waals surface area contributed by atoms with Gasteiger partial charge in [-0.15, -0.1) is 11.8 Å². The molecular weight excluding hydrogens is 349 g/mol. The predicted octanol–water partition coefficient (Wildman–Crippen LogP) is 3.87. The van der Waals surface area contributed by atoms with Gasteiger partial charge in [0.15, 0.2) is 0 Å². The predicted molar refractivity (Wildman–Crippen MR) is 103 cm³/mol. The van der Waals surface area contributed by atoms with Crippen molar-refractivity contribution in [3.8, 4) is 5.69 Å². The van der Waals surface area contributed by atoms with E-state index in [9.17, 15) is 9.18 Å². The molecule has 0 spiro atoms. The van der Waals surface area contributed by atoms with E-state index in [1.807, 2.05) is 42.0 Å². The number of hydrogen-bond acceptors (Lipinski definition) is 3. The minimum Gasteiger partial charge on any atom is -0.351 e. The van der Waals surface area contributed by atoms with Gasteiger partial charge in [-0.1, -0.05) is 24.3 Å². The Morgan fingerprint density at radius 2 is 1.81 bits per heavy atom. The second-order valence-electron chi connectivity index (χ2n) is 5.91. The summed E-state index contributed by atoms with van der Waals surface area (Å²) >= 11 is 1.51. The molecule has 0 saturated carbocycles. The third kappa shape index (κ3) is 4.95. The molecule has 1 aromatic heterocycles. The Morgan fingerprint density at radius 1 is 1.12 bits per heavy atom. The number of nitrogens with zero attached hydrogens (tertiary/aromatic N) is 2. The number of carbonyl (C=O) groups is 1. The van der Waals surface area contributed by atoms with E-state index in [2.05, 4.69) is 10.3 Å². The largest absolute Gasteiger partial charge is 0.351 e. The number of benzene rings is 2. The van der Waals surface area contributed by atoms with Crippen molar-refractivity contribution in [3.05, 3.63) is 83.7 Å². The highest BCUT2D eigenvalue weighted by Gasteiger charge is 2.04. The van der Waals surface area contributed by atoms with Crippen LogP contribution in [-0.4, -0.2) is 21.2 Å². The summed E-state index contributed by atoms with van der Waals surface area (Å²) in [4.78, 5) is 16.2. The van der Waals surface area contributed by atoms with Gasteiger partial charge in [-0.3, -0.25) is 4.79 Å². The second-order valence-corrected chi connectivity index (χ2v) is 6.89. The van der Waals surface area contributed by atoms with Crippen LogP contribution in [0.3, 0.4) is 0 Å². The lowest BCUT2D eigenvalue weighted by atomic mass is 10.2. The molecule has 0 aliphatic rings. The van der Waals surface area contributed by atoms with Crippen molar-refractivity contribution < 1.29 is 9.18 Å². The zero-order chi connectivity index (χ0) is 18.4. The topological polar surface area (TPSA) is 46.9 Å². The van der Waals surface area contributed by atoms with Crippen LogP contribution in [0.2, 0.25) is 0 Å². The molecule has 1 heterocycles. The van der Waals surface area contributed by atoms with Gasteiger partial charge in [-0.05, 0) is 42.3 Å². The Bertz CT molecular complexity index is 860. The normalized spacial score (nSPS) is 10.7. The molecule has 0 bridgehead atoms. The molecule has 1 amide bonds. The van der Waals surface area contributed by atoms with Crippen LogP contribution in [0.15, 0.2) is 60.9 Å². The lowest BCUT2D eigenvalue weighted by Crippen LogP contribution is -2.24. The lowest BCUT2D eigenvalue weighted by molar-refractivity contribution is -0.118. The molecule has 0 saturated heterocycles. The van der Waals surface area contributed by atoms with Crippen LogP contribution < -0.4 is 5.32 Å². The van der Waals surface area contributed by atoms with E-state index in [0.717, 1.165) is 22.6 Å². The molecule has 0 radical (unpaired) electrons. The molecule has 134 valence electrons. The Labute approximate surface area is 156 Å². The van der Waals surface area contributed by atoms with Gasteiger partial charge in [0.1, 0.15) is 11.6 Å². The number of nitrogens with one attached hydrogen (secondary N) is 1. The molecule has 0 aliphatic carbocycles. The molecule has 3 rings (SSSR count). The fraction of sp³-hybridized carbons (Fsp3) is 0.200. The van der Waals surface area contributed by atoms with Gasteiger partial charge in [0.25, 0.3) is 0 Å². The Kier molecular flexibility index (Phi) is 6.07. The third-order valence-corrected chi connectivity index (χ3v) is 4.95. The van der Waals surface area contributed by atoms with E-state index in [1.165, 1.54) is 23.9 Å². The summed E-state index contributed by atoms with van der Waals surface area (Å²) in [6, 6.07) is 14.4. The smallest absolute Gasteiger partial charge is 0.230 e. The van der Waals surface area contributed by atoms with Crippen molar-refractivity contribution in [2.75, 3.05) is 5.75 Å². The molecule has 6 heteroatoms. The molecule has 4 nitrogen and oxygen atoms in total. The maximum Gasteiger partial charge on any atom is 0.230 e. The monoisotopic (exact) mass is 369 g/mol. The zero-order valence-electron chi connectivity index (χ0n) is 14.5. The first kappa shape index (κ1) is 18.2. The van der Waals surface area contributed by atoms with Crippen LogP contribution in [0.1, 0.15) is 17.0 Å². The molecule has 0 aliphatic heterocycles. The van der Waals surface area contributed by atoms with Gasteiger partial charge < -0.3 is 9.88 Å². The molecule has 3 aromatic rings. The fourth-order valence-corrected chi connectivity index (χ4v) is 3.34. The van der Waals surface area contributed by atoms with Crippen LogP contribution in [0.5, 0.6) is 0 Å². The van der Waals surface area contributed by atoms with Crippen molar-refractivity contribution in [1.29, 1.82) is 0 Å². The molecule has 0 atom stereocenters. The highest BCUT2D eigenvalue weighted by molar-refractivity contribution is 7.99. The molecule has 0 unspecified atom stereocenters. The number of hydrogen-bond donors (Lipinski definition) is 1. The van der Waals surface area contributed by atoms with E-state index < -0.39 is 0 Å². The standard InChI is InChI=1S/C20H20FN3OS/c1-15-22-10-11-24(15)19-8-4-16(5-9-19)12-23-20(25)14-26-13-17-2-6-18(21)7-3-17/h2-11H,12-14H2,1H3,(H,23,25). The number of amides is 1. The first-order valence-corrected chi connectivity index (χ1v) is 9.45. The Hall–Kier alpha value is -2.60. The molecule has 1 N–H and O–H groups in total. The zero-order valence-corrected chi connectivity index (χ0v) is 15.3. The summed E-state index contributed by atoms with van der Waals surface area (Å²) in [7, 11) is 0. The summed E-state index contributed by atoms with van der Waals surface area (Å²) in [5, 5.41) is 2.92. The summed E-state index contributed by atoms with van der Waals surface area (Å²) in [6.07, 6.45) is 3.69. The van der Waals surface area contributed by atoms with E-state index in [4.69, 9.17) is 0 Å². The first-order valence-electron chi connectivity index (χ1n) is 8.30. The molecule has 2 aromatic carbocycles. The van der Waals surface area contributed by atoms with Crippen molar-refractivity contribution in [1.82, 2.24) is 14.9 Å². The minimum atomic E-state index is -0.245. The van der Waals surface area contributed by atoms with Gasteiger partial charge in [-0.2, -0.15) is 0 Å². The van der Waals surface area contributed by atoms with Crippen LogP contribution >= 0.6 is 11.8 Å². The number of carbonyl (C=O) groups excluding carboxylic acids is 1. The van der Waals surface area contributed by atoms with Crippen LogP contribution in [0, 0.1) is 12.7 Å². The van der Waals surface area contributed by atoms with E-state index in [1.54, 1.807) is 18.3 Å². The SMILES string of the molecule is Cc1nccn1-c1ccc(CNC(=O)CSCc2ccc(F)cc2)cc1. The van der Waals surface area contributed by atoms with Gasteiger partial charge in [0.05, 0.1) is 5.75 Å². The van der Waals surface area contributed by atoms with Crippen molar-refractivity contribution in [2.24, 2.45) is 0 Å². The summed E-state index contributed by atoms with van der Waals surface area (Å²) in [5.41, 5.74) is 3.10. The van der Waals surface area contributed by atoms with Gasteiger partial charge in [0.2, 0.25) is 5.91 Å². The number of imidazole rings is 1. The quantitative estimate of drug-likeness (QED) is 0.688. The molecule has 0 fully saturated rings. The van der Waals surface area contributed by atoms with E-state index >= 15 is 0 Å². The van der Waals surface area contributed by atoms with Crippen LogP contribution in [0.4, 0.5) is 4.39 Å². The fourth-order valence-electron chi connectivity index (χ4n) is 2.52. The van der Waals surface area contributed by atoms with E-state index in [-0.39, 0.29) is 11.7 Å². The lowest BCUT2D eigenvalue weighted by Gasteiger charge is -2.08. The first-order chi connectivity index (χ1) is 12.6. The molecule has 26 heavy (non-hydrogen) atoms. The number of thioether (sulfide) groups is 1.